The molecule has 0 aliphatic carbocycles. The average Bonchev–Trinajstić information content (AvgIpc) is 2.93. The van der Waals surface area contributed by atoms with Crippen molar-refractivity contribution in [1.29, 1.82) is 0 Å². The van der Waals surface area contributed by atoms with Gasteiger partial charge < -0.3 is 19.5 Å². The molecule has 0 spiro atoms. The Balaban J connectivity index is 1.58. The van der Waals surface area contributed by atoms with Crippen LogP contribution in [0.4, 0.5) is 16.2 Å². The third-order valence-electron chi connectivity index (χ3n) is 6.30. The van der Waals surface area contributed by atoms with E-state index in [1.165, 1.54) is 37.5 Å². The Morgan fingerprint density at radius 2 is 1.78 bits per heavy atom. The number of methoxy groups -OCH3 is 1. The van der Waals surface area contributed by atoms with E-state index in [9.17, 15) is 19.2 Å². The number of urea groups is 1. The molecule has 11 heteroatoms. The molecule has 0 radical (unpaired) electrons. The zero-order chi connectivity index (χ0) is 29.7. The van der Waals surface area contributed by atoms with E-state index >= 15 is 0 Å². The third kappa shape index (κ3) is 6.50. The lowest BCUT2D eigenvalue weighted by Crippen LogP contribution is -2.54. The van der Waals surface area contributed by atoms with Crippen LogP contribution in [0.3, 0.4) is 0 Å². The molecule has 1 saturated heterocycles. The van der Waals surface area contributed by atoms with Crippen LogP contribution in [0.25, 0.3) is 6.08 Å². The summed E-state index contributed by atoms with van der Waals surface area (Å²) >= 11 is 6.50. The Morgan fingerprint density at radius 1 is 1.05 bits per heavy atom. The lowest BCUT2D eigenvalue weighted by Gasteiger charge is -2.26. The number of ether oxygens (including phenoxy) is 3. The van der Waals surface area contributed by atoms with E-state index in [0.29, 0.717) is 17.0 Å². The van der Waals surface area contributed by atoms with Gasteiger partial charge in [-0.25, -0.2) is 9.69 Å². The number of nitrogens with zero attached hydrogens (tertiary/aromatic N) is 1. The molecular weight excluding hydrogens is 550 g/mol. The predicted octanol–water partition coefficient (Wildman–Crippen LogP) is 5.05. The van der Waals surface area contributed by atoms with Crippen molar-refractivity contribution in [3.63, 3.8) is 0 Å². The van der Waals surface area contributed by atoms with Gasteiger partial charge in [-0.05, 0) is 86.0 Å². The summed E-state index contributed by atoms with van der Waals surface area (Å²) in [6.07, 6.45) is 1.30. The molecule has 3 aromatic carbocycles. The Labute approximate surface area is 241 Å². The summed E-state index contributed by atoms with van der Waals surface area (Å²) in [6.45, 7) is 5.53. The summed E-state index contributed by atoms with van der Waals surface area (Å²) in [5.74, 6) is -1.20. The molecule has 0 bridgehead atoms. The second-order valence-electron chi connectivity index (χ2n) is 9.00. The Hall–Kier alpha value is -4.83. The summed E-state index contributed by atoms with van der Waals surface area (Å²) in [4.78, 5) is 51.8. The molecule has 10 nitrogen and oxygen atoms in total. The van der Waals surface area contributed by atoms with Crippen LogP contribution in [-0.4, -0.2) is 44.1 Å². The second-order valence-corrected chi connectivity index (χ2v) is 9.41. The Kier molecular flexibility index (Phi) is 8.94. The van der Waals surface area contributed by atoms with Gasteiger partial charge in [0.2, 0.25) is 0 Å². The zero-order valence-corrected chi connectivity index (χ0v) is 23.6. The SMILES string of the molecule is CCOc1cc(/C=C2\C(=O)NC(=O)N(c3ccc(OC)cc3)C2=O)cc(Cl)c1OCC(=O)Nc1cccc(C)c1C. The van der Waals surface area contributed by atoms with Gasteiger partial charge in [-0.2, -0.15) is 0 Å². The molecule has 0 unspecified atom stereocenters. The minimum absolute atomic E-state index is 0.0917. The lowest BCUT2D eigenvalue weighted by molar-refractivity contribution is -0.122. The minimum Gasteiger partial charge on any atom is -0.497 e. The highest BCUT2D eigenvalue weighted by atomic mass is 35.5. The van der Waals surface area contributed by atoms with E-state index in [-0.39, 0.29) is 41.0 Å². The van der Waals surface area contributed by atoms with E-state index in [1.54, 1.807) is 25.1 Å². The van der Waals surface area contributed by atoms with Gasteiger partial charge in [0.05, 0.1) is 24.4 Å². The molecule has 0 atom stereocenters. The van der Waals surface area contributed by atoms with Crippen LogP contribution in [0.1, 0.15) is 23.6 Å². The number of imide groups is 2. The summed E-state index contributed by atoms with van der Waals surface area (Å²) in [5.41, 5.74) is 2.96. The van der Waals surface area contributed by atoms with Gasteiger partial charge in [0.15, 0.2) is 18.1 Å². The molecule has 3 aromatic rings. The Morgan fingerprint density at radius 3 is 2.46 bits per heavy atom. The highest BCUT2D eigenvalue weighted by Gasteiger charge is 2.37. The van der Waals surface area contributed by atoms with Crippen LogP contribution >= 0.6 is 11.6 Å². The summed E-state index contributed by atoms with van der Waals surface area (Å²) < 4.78 is 16.5. The maximum atomic E-state index is 13.3. The lowest BCUT2D eigenvalue weighted by atomic mass is 10.1. The van der Waals surface area contributed by atoms with Crippen LogP contribution < -0.4 is 29.7 Å². The van der Waals surface area contributed by atoms with Crippen LogP contribution in [0.5, 0.6) is 17.2 Å². The molecule has 5 amide bonds. The van der Waals surface area contributed by atoms with E-state index in [2.05, 4.69) is 10.6 Å². The topological polar surface area (TPSA) is 123 Å². The number of hydrogen-bond donors (Lipinski definition) is 2. The number of aryl methyl sites for hydroxylation is 1. The fourth-order valence-electron chi connectivity index (χ4n) is 4.07. The van der Waals surface area contributed by atoms with Crippen molar-refractivity contribution in [2.24, 2.45) is 0 Å². The number of carbonyl (C=O) groups excluding carboxylic acids is 4. The number of rotatable bonds is 9. The number of hydrogen-bond acceptors (Lipinski definition) is 7. The molecule has 1 fully saturated rings. The quantitative estimate of drug-likeness (QED) is 0.269. The number of amides is 5. The van der Waals surface area contributed by atoms with Gasteiger partial charge in [0, 0.05) is 5.69 Å². The first-order valence-electron chi connectivity index (χ1n) is 12.6. The smallest absolute Gasteiger partial charge is 0.335 e. The first-order valence-corrected chi connectivity index (χ1v) is 13.0. The van der Waals surface area contributed by atoms with Crippen molar-refractivity contribution < 1.29 is 33.4 Å². The molecule has 1 heterocycles. The number of nitrogens with one attached hydrogen (secondary N) is 2. The monoisotopic (exact) mass is 577 g/mol. The molecule has 4 rings (SSSR count). The zero-order valence-electron chi connectivity index (χ0n) is 22.9. The fraction of sp³-hybridized carbons (Fsp3) is 0.200. The first kappa shape index (κ1) is 29.2. The maximum Gasteiger partial charge on any atom is 0.335 e. The van der Waals surface area contributed by atoms with Crippen molar-refractivity contribution in [2.75, 3.05) is 30.5 Å². The van der Waals surface area contributed by atoms with E-state index < -0.39 is 23.8 Å². The molecular formula is C30H28ClN3O7. The van der Waals surface area contributed by atoms with Crippen molar-refractivity contribution >= 4 is 52.8 Å². The summed E-state index contributed by atoms with van der Waals surface area (Å²) in [5, 5.41) is 5.09. The van der Waals surface area contributed by atoms with Crippen molar-refractivity contribution in [3.8, 4) is 17.2 Å². The number of carbonyl (C=O) groups is 4. The van der Waals surface area contributed by atoms with Gasteiger partial charge in [-0.15, -0.1) is 0 Å². The average molecular weight is 578 g/mol. The van der Waals surface area contributed by atoms with Crippen LogP contribution in [-0.2, 0) is 14.4 Å². The van der Waals surface area contributed by atoms with E-state index in [4.69, 9.17) is 25.8 Å². The summed E-state index contributed by atoms with van der Waals surface area (Å²) in [7, 11) is 1.49. The first-order chi connectivity index (χ1) is 19.6. The Bertz CT molecular complexity index is 1550. The van der Waals surface area contributed by atoms with Gasteiger partial charge >= 0.3 is 6.03 Å². The van der Waals surface area contributed by atoms with Gasteiger partial charge in [0.1, 0.15) is 11.3 Å². The van der Waals surface area contributed by atoms with E-state index in [0.717, 1.165) is 16.0 Å². The molecule has 0 saturated carbocycles. The summed E-state index contributed by atoms with van der Waals surface area (Å²) in [6, 6.07) is 13.9. The fourth-order valence-corrected chi connectivity index (χ4v) is 4.35. The van der Waals surface area contributed by atoms with Crippen LogP contribution in [0, 0.1) is 13.8 Å². The van der Waals surface area contributed by atoms with Gasteiger partial charge in [0.25, 0.3) is 17.7 Å². The molecule has 212 valence electrons. The number of barbiturate groups is 1. The normalized spacial score (nSPS) is 14.1. The van der Waals surface area contributed by atoms with Crippen LogP contribution in [0.15, 0.2) is 60.2 Å². The largest absolute Gasteiger partial charge is 0.497 e. The number of benzene rings is 3. The second kappa shape index (κ2) is 12.6. The van der Waals surface area contributed by atoms with E-state index in [1.807, 2.05) is 26.0 Å². The standard InChI is InChI=1S/C30H28ClN3O7/c1-5-40-25-15-19(14-23(31)27(25)41-16-26(35)32-24-8-6-7-17(2)18(24)3)13-22-28(36)33-30(38)34(29(22)37)20-9-11-21(39-4)12-10-20/h6-15H,5,16H2,1-4H3,(H,32,35)(H,33,36,38)/b22-13+. The molecule has 1 aliphatic rings. The number of halogens is 1. The molecule has 2 N–H and O–H groups in total. The highest BCUT2D eigenvalue weighted by molar-refractivity contribution is 6.39. The number of anilines is 2. The van der Waals surface area contributed by atoms with Crippen molar-refractivity contribution in [2.45, 2.75) is 20.8 Å². The van der Waals surface area contributed by atoms with Crippen molar-refractivity contribution in [3.05, 3.63) is 81.9 Å². The predicted molar refractivity (Wildman–Crippen MR) is 155 cm³/mol. The van der Waals surface area contributed by atoms with Gasteiger partial charge in [-0.1, -0.05) is 23.7 Å². The highest BCUT2D eigenvalue weighted by Crippen LogP contribution is 2.38. The van der Waals surface area contributed by atoms with Crippen molar-refractivity contribution in [1.82, 2.24) is 5.32 Å². The maximum absolute atomic E-state index is 13.3. The molecule has 41 heavy (non-hydrogen) atoms. The van der Waals surface area contributed by atoms with Crippen LogP contribution in [0.2, 0.25) is 5.02 Å². The molecule has 0 aromatic heterocycles. The van der Waals surface area contributed by atoms with Gasteiger partial charge in [-0.3, -0.25) is 19.7 Å². The molecule has 1 aliphatic heterocycles. The minimum atomic E-state index is -0.877. The third-order valence-corrected chi connectivity index (χ3v) is 6.58.